The first kappa shape index (κ1) is 20.9. The maximum absolute atomic E-state index is 13.1. The molecule has 3 aromatic rings. The summed E-state index contributed by atoms with van der Waals surface area (Å²) in [6, 6.07) is 10.8. The number of hydrogen-bond donors (Lipinski definition) is 1. The molecule has 1 amide bonds. The predicted octanol–water partition coefficient (Wildman–Crippen LogP) is 2.25. The molecule has 1 saturated heterocycles. The van der Waals surface area contributed by atoms with Gasteiger partial charge in [-0.25, -0.2) is 8.42 Å². The Bertz CT molecular complexity index is 1180. The molecule has 1 aromatic heterocycles. The van der Waals surface area contributed by atoms with Gasteiger partial charge in [-0.2, -0.15) is 13.1 Å². The second-order valence-electron chi connectivity index (χ2n) is 7.42. The molecule has 0 atom stereocenters. The summed E-state index contributed by atoms with van der Waals surface area (Å²) in [5.74, 6) is -0.104. The van der Waals surface area contributed by atoms with Crippen molar-refractivity contribution in [3.8, 4) is 0 Å². The molecule has 0 unspecified atom stereocenters. The number of nitrogens with zero attached hydrogens (tertiary/aromatic N) is 4. The number of aromatic nitrogens is 2. The third-order valence-corrected chi connectivity index (χ3v) is 7.83. The Hall–Kier alpha value is -2.40. The van der Waals surface area contributed by atoms with Crippen molar-refractivity contribution >= 4 is 44.4 Å². The smallest absolute Gasteiger partial charge is 0.245 e. The number of hydrogen-bond acceptors (Lipinski definition) is 7. The van der Waals surface area contributed by atoms with Gasteiger partial charge < -0.3 is 5.32 Å². The summed E-state index contributed by atoms with van der Waals surface area (Å²) in [6.07, 6.45) is 0. The topological polar surface area (TPSA) is 95.5 Å². The Morgan fingerprint density at radius 3 is 2.57 bits per heavy atom. The Labute approximate surface area is 179 Å². The molecule has 1 aliphatic heterocycles. The van der Waals surface area contributed by atoms with E-state index in [0.717, 1.165) is 23.0 Å². The largest absolute Gasteiger partial charge is 0.325 e. The zero-order chi connectivity index (χ0) is 21.3. The van der Waals surface area contributed by atoms with E-state index in [-0.39, 0.29) is 17.3 Å². The van der Waals surface area contributed by atoms with Crippen LogP contribution >= 0.6 is 11.7 Å². The first-order valence-corrected chi connectivity index (χ1v) is 11.8. The molecule has 30 heavy (non-hydrogen) atoms. The summed E-state index contributed by atoms with van der Waals surface area (Å²) < 4.78 is 35.9. The van der Waals surface area contributed by atoms with Crippen molar-refractivity contribution < 1.29 is 13.2 Å². The molecular formula is C20H23N5O3S2. The van der Waals surface area contributed by atoms with Gasteiger partial charge in [-0.15, -0.1) is 0 Å². The van der Waals surface area contributed by atoms with E-state index in [1.165, 1.54) is 9.87 Å². The van der Waals surface area contributed by atoms with Crippen LogP contribution in [0.1, 0.15) is 11.1 Å². The van der Waals surface area contributed by atoms with E-state index in [0.29, 0.717) is 37.2 Å². The average Bonchev–Trinajstić information content (AvgIpc) is 3.20. The molecule has 1 N–H and O–H groups in total. The molecule has 1 fully saturated rings. The van der Waals surface area contributed by atoms with Crippen LogP contribution in [0, 0.1) is 13.8 Å². The minimum atomic E-state index is -3.66. The van der Waals surface area contributed by atoms with Gasteiger partial charge in [0.05, 0.1) is 18.3 Å². The van der Waals surface area contributed by atoms with E-state index in [9.17, 15) is 13.2 Å². The molecule has 0 spiro atoms. The van der Waals surface area contributed by atoms with Crippen LogP contribution in [0.15, 0.2) is 41.3 Å². The molecule has 4 rings (SSSR count). The molecule has 8 nitrogen and oxygen atoms in total. The van der Waals surface area contributed by atoms with Crippen molar-refractivity contribution in [1.29, 1.82) is 0 Å². The minimum Gasteiger partial charge on any atom is -0.325 e. The molecular weight excluding hydrogens is 422 g/mol. The maximum Gasteiger partial charge on any atom is 0.245 e. The highest BCUT2D eigenvalue weighted by Gasteiger charge is 2.31. The first-order valence-electron chi connectivity index (χ1n) is 9.65. The second-order valence-corrected chi connectivity index (χ2v) is 9.85. The number of amides is 1. The molecule has 1 aliphatic rings. The van der Waals surface area contributed by atoms with Gasteiger partial charge in [-0.05, 0) is 49.2 Å². The maximum atomic E-state index is 13.1. The van der Waals surface area contributed by atoms with Gasteiger partial charge in [0, 0.05) is 31.9 Å². The van der Waals surface area contributed by atoms with Gasteiger partial charge >= 0.3 is 0 Å². The van der Waals surface area contributed by atoms with Crippen LogP contribution in [0.4, 0.5) is 5.69 Å². The quantitative estimate of drug-likeness (QED) is 0.647. The third-order valence-electron chi connectivity index (χ3n) is 5.36. The van der Waals surface area contributed by atoms with Crippen LogP contribution in [0.3, 0.4) is 0 Å². The summed E-state index contributed by atoms with van der Waals surface area (Å²) in [5.41, 5.74) is 4.07. The molecule has 0 bridgehead atoms. The predicted molar refractivity (Wildman–Crippen MR) is 117 cm³/mol. The molecule has 10 heteroatoms. The highest BCUT2D eigenvalue weighted by atomic mass is 32.2. The van der Waals surface area contributed by atoms with Gasteiger partial charge in [0.15, 0.2) is 0 Å². The number of benzene rings is 2. The van der Waals surface area contributed by atoms with Gasteiger partial charge in [0.2, 0.25) is 15.9 Å². The van der Waals surface area contributed by atoms with Crippen molar-refractivity contribution in [3.63, 3.8) is 0 Å². The fourth-order valence-corrected chi connectivity index (χ4v) is 5.65. The third kappa shape index (κ3) is 4.22. The Balaban J connectivity index is 1.37. The van der Waals surface area contributed by atoms with Crippen molar-refractivity contribution in [1.82, 2.24) is 18.0 Å². The summed E-state index contributed by atoms with van der Waals surface area (Å²) in [7, 11) is -3.66. The fourth-order valence-electron chi connectivity index (χ4n) is 3.48. The number of sulfonamides is 1. The number of nitrogens with one attached hydrogen (secondary N) is 1. The lowest BCUT2D eigenvalue weighted by atomic mass is 10.1. The van der Waals surface area contributed by atoms with Crippen LogP contribution in [0.5, 0.6) is 0 Å². The monoisotopic (exact) mass is 445 g/mol. The van der Waals surface area contributed by atoms with E-state index in [4.69, 9.17) is 0 Å². The van der Waals surface area contributed by atoms with Gasteiger partial charge in [0.1, 0.15) is 15.9 Å². The van der Waals surface area contributed by atoms with Crippen LogP contribution < -0.4 is 5.32 Å². The van der Waals surface area contributed by atoms with Crippen molar-refractivity contribution in [2.75, 3.05) is 38.0 Å². The Kier molecular flexibility index (Phi) is 5.83. The van der Waals surface area contributed by atoms with E-state index in [1.54, 1.807) is 18.2 Å². The number of anilines is 1. The van der Waals surface area contributed by atoms with Crippen molar-refractivity contribution in [2.24, 2.45) is 0 Å². The standard InChI is InChI=1S/C20H23N5O3S2/c1-14-6-7-16(12-15(14)2)21-19(26)13-24-8-10-25(11-9-24)30(27,28)18-5-3-4-17-20(18)23-29-22-17/h3-7,12H,8-11,13H2,1-2H3,(H,21,26). The van der Waals surface area contributed by atoms with E-state index in [1.807, 2.05) is 36.9 Å². The van der Waals surface area contributed by atoms with Crippen LogP contribution in [0.2, 0.25) is 0 Å². The van der Waals surface area contributed by atoms with Gasteiger partial charge in [0.25, 0.3) is 0 Å². The van der Waals surface area contributed by atoms with Gasteiger partial charge in [-0.1, -0.05) is 12.1 Å². The number of fused-ring (bicyclic) bond motifs is 1. The Morgan fingerprint density at radius 2 is 1.83 bits per heavy atom. The molecule has 158 valence electrons. The highest BCUT2D eigenvalue weighted by Crippen LogP contribution is 2.25. The van der Waals surface area contributed by atoms with Gasteiger partial charge in [-0.3, -0.25) is 9.69 Å². The molecule has 0 saturated carbocycles. The molecule has 0 radical (unpaired) electrons. The number of rotatable bonds is 5. The SMILES string of the molecule is Cc1ccc(NC(=O)CN2CCN(S(=O)(=O)c3cccc4nsnc34)CC2)cc1C. The van der Waals surface area contributed by atoms with Crippen LogP contribution in [0.25, 0.3) is 11.0 Å². The summed E-state index contributed by atoms with van der Waals surface area (Å²) in [4.78, 5) is 14.6. The lowest BCUT2D eigenvalue weighted by Gasteiger charge is -2.33. The number of carbonyl (C=O) groups is 1. The van der Waals surface area contributed by atoms with Crippen LogP contribution in [-0.4, -0.2) is 65.0 Å². The second kappa shape index (κ2) is 8.38. The zero-order valence-corrected chi connectivity index (χ0v) is 18.5. The minimum absolute atomic E-state index is 0.104. The van der Waals surface area contributed by atoms with E-state index >= 15 is 0 Å². The molecule has 2 heterocycles. The number of carbonyl (C=O) groups excluding carboxylic acids is 1. The summed E-state index contributed by atoms with van der Waals surface area (Å²) in [5, 5.41) is 2.92. The normalized spacial score (nSPS) is 16.1. The Morgan fingerprint density at radius 1 is 1.07 bits per heavy atom. The lowest BCUT2D eigenvalue weighted by molar-refractivity contribution is -0.117. The van der Waals surface area contributed by atoms with E-state index in [2.05, 4.69) is 14.1 Å². The average molecular weight is 446 g/mol. The van der Waals surface area contributed by atoms with Crippen molar-refractivity contribution in [2.45, 2.75) is 18.7 Å². The molecule has 2 aromatic carbocycles. The first-order chi connectivity index (χ1) is 14.3. The van der Waals surface area contributed by atoms with Crippen molar-refractivity contribution in [3.05, 3.63) is 47.5 Å². The summed E-state index contributed by atoms with van der Waals surface area (Å²) in [6.45, 7) is 5.90. The molecule has 0 aliphatic carbocycles. The number of aryl methyl sites for hydroxylation is 2. The number of piperazine rings is 1. The lowest BCUT2D eigenvalue weighted by Crippen LogP contribution is -2.50. The van der Waals surface area contributed by atoms with E-state index < -0.39 is 10.0 Å². The highest BCUT2D eigenvalue weighted by molar-refractivity contribution is 7.89. The van der Waals surface area contributed by atoms with Crippen LogP contribution in [-0.2, 0) is 14.8 Å². The summed E-state index contributed by atoms with van der Waals surface area (Å²) >= 11 is 1.00. The fraction of sp³-hybridized carbons (Fsp3) is 0.350. The zero-order valence-electron chi connectivity index (χ0n) is 16.8.